The number of amidine groups is 1. The summed E-state index contributed by atoms with van der Waals surface area (Å²) in [5.41, 5.74) is 8.31. The van der Waals surface area contributed by atoms with Crippen molar-refractivity contribution in [2.24, 2.45) is 10.7 Å². The molecular weight excluding hydrogens is 433 g/mol. The second-order valence-corrected chi connectivity index (χ2v) is 7.65. The molecule has 5 N–H and O–H groups in total. The van der Waals surface area contributed by atoms with Crippen LogP contribution < -0.4 is 11.1 Å². The molecule has 10 heteroatoms. The Morgan fingerprint density at radius 1 is 1.28 bits per heavy atom. The number of aliphatic hydroxyl groups excluding tert-OH is 1. The summed E-state index contributed by atoms with van der Waals surface area (Å²) in [6.45, 7) is -0.634. The molecule has 148 valence electrons. The summed E-state index contributed by atoms with van der Waals surface area (Å²) in [7, 11) is 0. The van der Waals surface area contributed by atoms with Crippen LogP contribution in [0, 0.1) is 5.41 Å². The van der Waals surface area contributed by atoms with Gasteiger partial charge in [0.1, 0.15) is 24.6 Å². The quantitative estimate of drug-likeness (QED) is 0.336. The molecule has 2 heterocycles. The molecule has 3 aromatic rings. The molecule has 0 fully saturated rings. The van der Waals surface area contributed by atoms with Crippen molar-refractivity contribution >= 4 is 58.4 Å². The lowest BCUT2D eigenvalue weighted by Crippen LogP contribution is -2.16. The monoisotopic (exact) mass is 447 g/mol. The van der Waals surface area contributed by atoms with Crippen molar-refractivity contribution in [3.63, 3.8) is 0 Å². The zero-order valence-electron chi connectivity index (χ0n) is 14.8. The smallest absolute Gasteiger partial charge is 0.251 e. The number of carbonyl (C=O) groups excluding carboxylic acids is 1. The van der Waals surface area contributed by atoms with Crippen molar-refractivity contribution in [1.29, 1.82) is 5.41 Å². The van der Waals surface area contributed by atoms with E-state index in [1.54, 1.807) is 36.5 Å². The Labute approximate surface area is 180 Å². The van der Waals surface area contributed by atoms with E-state index in [4.69, 9.17) is 39.5 Å². The van der Waals surface area contributed by atoms with Gasteiger partial charge in [-0.05, 0) is 35.9 Å². The first-order valence-corrected chi connectivity index (χ1v) is 9.79. The fraction of sp³-hybridized carbons (Fsp3) is 0.0526. The van der Waals surface area contributed by atoms with Crippen molar-refractivity contribution in [3.05, 3.63) is 57.5 Å². The van der Waals surface area contributed by atoms with E-state index in [9.17, 15) is 4.79 Å². The minimum absolute atomic E-state index is 0.181. The number of rotatable bonds is 6. The molecule has 0 aliphatic carbocycles. The van der Waals surface area contributed by atoms with Crippen LogP contribution in [0.2, 0.25) is 10.0 Å². The van der Waals surface area contributed by atoms with E-state index in [0.29, 0.717) is 20.7 Å². The van der Waals surface area contributed by atoms with Gasteiger partial charge in [-0.15, -0.1) is 11.3 Å². The molecule has 0 aliphatic heterocycles. The third-order valence-electron chi connectivity index (χ3n) is 3.85. The molecular formula is C19H15Cl2N5O2S. The van der Waals surface area contributed by atoms with Crippen LogP contribution in [0.1, 0.15) is 4.88 Å². The van der Waals surface area contributed by atoms with Gasteiger partial charge in [0.25, 0.3) is 5.91 Å². The number of benzene rings is 1. The number of nitrogens with two attached hydrogens (primary N) is 1. The summed E-state index contributed by atoms with van der Waals surface area (Å²) in [5.74, 6) is -0.0682. The van der Waals surface area contributed by atoms with Gasteiger partial charge in [-0.2, -0.15) is 0 Å². The lowest BCUT2D eigenvalue weighted by atomic mass is 10.0. The van der Waals surface area contributed by atoms with Crippen LogP contribution in [0.5, 0.6) is 0 Å². The molecule has 1 aromatic carbocycles. The molecule has 0 saturated heterocycles. The lowest BCUT2D eigenvalue weighted by Gasteiger charge is -2.06. The summed E-state index contributed by atoms with van der Waals surface area (Å²) < 4.78 is 0. The predicted molar refractivity (Wildman–Crippen MR) is 118 cm³/mol. The van der Waals surface area contributed by atoms with Crippen LogP contribution in [-0.2, 0) is 4.79 Å². The predicted octanol–water partition coefficient (Wildman–Crippen LogP) is 4.03. The highest BCUT2D eigenvalue weighted by atomic mass is 35.5. The van der Waals surface area contributed by atoms with Crippen molar-refractivity contribution in [3.8, 4) is 21.6 Å². The molecule has 0 bridgehead atoms. The first-order valence-electron chi connectivity index (χ1n) is 8.22. The van der Waals surface area contributed by atoms with Crippen molar-refractivity contribution in [2.75, 3.05) is 11.9 Å². The summed E-state index contributed by atoms with van der Waals surface area (Å²) in [6, 6.07) is 10.5. The minimum Gasteiger partial charge on any atom is -0.387 e. The van der Waals surface area contributed by atoms with E-state index in [1.165, 1.54) is 11.3 Å². The van der Waals surface area contributed by atoms with Crippen LogP contribution in [-0.4, -0.2) is 34.8 Å². The van der Waals surface area contributed by atoms with E-state index >= 15 is 0 Å². The Morgan fingerprint density at radius 3 is 2.76 bits per heavy atom. The molecule has 3 rings (SSSR count). The van der Waals surface area contributed by atoms with Gasteiger partial charge >= 0.3 is 0 Å². The number of hydrogen-bond donors (Lipinski definition) is 4. The number of thiophene rings is 1. The number of nitrogens with zero attached hydrogens (tertiary/aromatic N) is 2. The second kappa shape index (κ2) is 9.15. The maximum atomic E-state index is 11.4. The van der Waals surface area contributed by atoms with Crippen molar-refractivity contribution in [1.82, 2.24) is 4.98 Å². The number of halogens is 2. The van der Waals surface area contributed by atoms with Crippen LogP contribution in [0.3, 0.4) is 0 Å². The molecule has 29 heavy (non-hydrogen) atoms. The number of aromatic nitrogens is 1. The van der Waals surface area contributed by atoms with E-state index in [2.05, 4.69) is 15.3 Å². The van der Waals surface area contributed by atoms with Gasteiger partial charge in [-0.3, -0.25) is 10.2 Å². The first-order chi connectivity index (χ1) is 13.9. The van der Waals surface area contributed by atoms with Gasteiger partial charge in [0.05, 0.1) is 4.88 Å². The highest BCUT2D eigenvalue weighted by molar-refractivity contribution is 7.18. The highest BCUT2D eigenvalue weighted by Gasteiger charge is 2.18. The maximum absolute atomic E-state index is 11.4. The summed E-state index contributed by atoms with van der Waals surface area (Å²) in [6.07, 6.45) is 2.42. The molecule has 0 unspecified atom stereocenters. The standard InChI is InChI=1S/C19H15Cl2N5O2S/c20-11-1-2-12(14(21)6-11)13-7-15(29-18(13)19(23)25-9-22)10-3-4-24-16(5-10)26-17(28)8-27/h1-7,9,27H,8H2,(H3,22,23,25)(H,24,26,28). The fourth-order valence-corrected chi connectivity index (χ4v) is 4.18. The average Bonchev–Trinajstić information content (AvgIpc) is 3.13. The average molecular weight is 448 g/mol. The number of nitrogens with one attached hydrogen (secondary N) is 2. The Balaban J connectivity index is 2.12. The largest absolute Gasteiger partial charge is 0.387 e. The van der Waals surface area contributed by atoms with Crippen LogP contribution in [0.15, 0.2) is 47.6 Å². The van der Waals surface area contributed by atoms with Crippen molar-refractivity contribution in [2.45, 2.75) is 0 Å². The number of pyridine rings is 1. The molecule has 0 spiro atoms. The van der Waals surface area contributed by atoms with Gasteiger partial charge < -0.3 is 16.2 Å². The molecule has 0 atom stereocenters. The summed E-state index contributed by atoms with van der Waals surface area (Å²) in [5, 5.41) is 19.6. The number of aliphatic imine (C=N–C) groups is 1. The van der Waals surface area contributed by atoms with Gasteiger partial charge in [0, 0.05) is 32.2 Å². The zero-order chi connectivity index (χ0) is 21.0. The first kappa shape index (κ1) is 20.9. The number of anilines is 1. The molecule has 0 aliphatic rings. The van der Waals surface area contributed by atoms with Gasteiger partial charge in [0.15, 0.2) is 0 Å². The van der Waals surface area contributed by atoms with E-state index < -0.39 is 12.5 Å². The molecule has 1 amide bonds. The second-order valence-electron chi connectivity index (χ2n) is 5.76. The number of aliphatic hydroxyl groups is 1. The highest BCUT2D eigenvalue weighted by Crippen LogP contribution is 2.40. The molecule has 0 radical (unpaired) electrons. The van der Waals surface area contributed by atoms with E-state index in [0.717, 1.165) is 27.9 Å². The topological polar surface area (TPSA) is 124 Å². The number of hydrogen-bond acceptors (Lipinski definition) is 5. The fourth-order valence-electron chi connectivity index (χ4n) is 2.59. The molecule has 0 saturated carbocycles. The summed E-state index contributed by atoms with van der Waals surface area (Å²) >= 11 is 13.8. The Bertz CT molecular complexity index is 1110. The van der Waals surface area contributed by atoms with Gasteiger partial charge in [-0.25, -0.2) is 9.98 Å². The SMILES string of the molecule is N=CN=C(N)c1sc(-c2ccnc(NC(=O)CO)c2)cc1-c1ccc(Cl)cc1Cl. The Hall–Kier alpha value is -2.78. The minimum atomic E-state index is -0.634. The lowest BCUT2D eigenvalue weighted by molar-refractivity contribution is -0.118. The van der Waals surface area contributed by atoms with E-state index in [-0.39, 0.29) is 5.84 Å². The number of carbonyl (C=O) groups is 1. The van der Waals surface area contributed by atoms with Crippen LogP contribution in [0.25, 0.3) is 21.6 Å². The van der Waals surface area contributed by atoms with Gasteiger partial charge in [-0.1, -0.05) is 29.3 Å². The van der Waals surface area contributed by atoms with Crippen LogP contribution in [0.4, 0.5) is 5.82 Å². The Kier molecular flexibility index (Phi) is 6.60. The third kappa shape index (κ3) is 4.80. The van der Waals surface area contributed by atoms with Crippen LogP contribution >= 0.6 is 34.5 Å². The third-order valence-corrected chi connectivity index (χ3v) is 5.60. The zero-order valence-corrected chi connectivity index (χ0v) is 17.1. The Morgan fingerprint density at radius 2 is 2.07 bits per heavy atom. The number of amides is 1. The van der Waals surface area contributed by atoms with Gasteiger partial charge in [0.2, 0.25) is 0 Å². The normalized spacial score (nSPS) is 11.3. The molecule has 2 aromatic heterocycles. The summed E-state index contributed by atoms with van der Waals surface area (Å²) in [4.78, 5) is 20.8. The molecule has 7 nitrogen and oxygen atoms in total. The van der Waals surface area contributed by atoms with E-state index in [1.807, 2.05) is 6.07 Å². The van der Waals surface area contributed by atoms with Crippen molar-refractivity contribution < 1.29 is 9.90 Å². The maximum Gasteiger partial charge on any atom is 0.251 e.